The smallest absolute Gasteiger partial charge is 0.0361 e. The maximum Gasteiger partial charge on any atom is 0.0361 e. The Morgan fingerprint density at radius 3 is 2.38 bits per heavy atom. The summed E-state index contributed by atoms with van der Waals surface area (Å²) >= 11 is 1.85. The van der Waals surface area contributed by atoms with Crippen molar-refractivity contribution in [3.8, 4) is 0 Å². The third kappa shape index (κ3) is 2.57. The summed E-state index contributed by atoms with van der Waals surface area (Å²) < 4.78 is 2.65. The molecule has 0 saturated carbocycles. The number of thiophene rings is 1. The molecule has 0 N–H and O–H groups in total. The van der Waals surface area contributed by atoms with E-state index < -0.39 is 0 Å². The maximum atomic E-state index is 4.36. The van der Waals surface area contributed by atoms with E-state index in [1.165, 1.54) is 36.9 Å². The Bertz CT molecular complexity index is 1070. The molecule has 0 aliphatic carbocycles. The van der Waals surface area contributed by atoms with E-state index in [1.54, 1.807) is 0 Å². The second-order valence-corrected chi connectivity index (χ2v) is 7.08. The zero-order chi connectivity index (χ0) is 16.5. The van der Waals surface area contributed by atoms with Gasteiger partial charge >= 0.3 is 0 Å². The van der Waals surface area contributed by atoms with E-state index in [1.807, 2.05) is 17.4 Å². The molecule has 0 fully saturated rings. The van der Waals surface area contributed by atoms with E-state index in [-0.39, 0.29) is 0 Å². The summed E-state index contributed by atoms with van der Waals surface area (Å²) in [6.45, 7) is 6.50. The molecular weight excluding hydrogens is 308 g/mol. The molecule has 0 aliphatic heterocycles. The molecule has 0 radical (unpaired) electrons. The predicted molar refractivity (Wildman–Crippen MR) is 108 cm³/mol. The highest BCUT2D eigenvalue weighted by molar-refractivity contribution is 7.25. The molecule has 0 amide bonds. The molecular formula is C23H18S. The highest BCUT2D eigenvalue weighted by Gasteiger charge is 2.10. The van der Waals surface area contributed by atoms with Crippen molar-refractivity contribution in [1.29, 1.82) is 0 Å². The van der Waals surface area contributed by atoms with Gasteiger partial charge in [-0.1, -0.05) is 73.3 Å². The van der Waals surface area contributed by atoms with Crippen LogP contribution in [0.2, 0.25) is 0 Å². The van der Waals surface area contributed by atoms with Gasteiger partial charge < -0.3 is 0 Å². The Hall–Kier alpha value is -2.64. The summed E-state index contributed by atoms with van der Waals surface area (Å²) in [4.78, 5) is 0. The molecule has 0 nitrogen and oxygen atoms in total. The third-order valence-corrected chi connectivity index (χ3v) is 5.50. The Balaban J connectivity index is 1.86. The van der Waals surface area contributed by atoms with Gasteiger partial charge in [0.2, 0.25) is 0 Å². The maximum absolute atomic E-state index is 4.36. The average Bonchev–Trinajstić information content (AvgIpc) is 3.01. The fourth-order valence-electron chi connectivity index (χ4n) is 3.17. The lowest BCUT2D eigenvalue weighted by Gasteiger charge is -2.07. The molecule has 0 bridgehead atoms. The van der Waals surface area contributed by atoms with Crippen molar-refractivity contribution < 1.29 is 0 Å². The monoisotopic (exact) mass is 326 g/mol. The summed E-state index contributed by atoms with van der Waals surface area (Å²) in [5.74, 6) is 0. The van der Waals surface area contributed by atoms with E-state index >= 15 is 0 Å². The largest absolute Gasteiger partial charge is 0.135 e. The topological polar surface area (TPSA) is 0 Å². The van der Waals surface area contributed by atoms with Gasteiger partial charge in [-0.2, -0.15) is 0 Å². The number of hydrogen-bond donors (Lipinski definition) is 0. The Morgan fingerprint density at radius 1 is 0.833 bits per heavy atom. The van der Waals surface area contributed by atoms with Crippen LogP contribution in [0.15, 0.2) is 85.5 Å². The molecule has 0 spiro atoms. The van der Waals surface area contributed by atoms with Gasteiger partial charge in [0.15, 0.2) is 0 Å². The lowest BCUT2D eigenvalue weighted by Crippen LogP contribution is -1.84. The van der Waals surface area contributed by atoms with Crippen LogP contribution in [-0.2, 0) is 0 Å². The van der Waals surface area contributed by atoms with Gasteiger partial charge in [-0.3, -0.25) is 0 Å². The van der Waals surface area contributed by atoms with Crippen molar-refractivity contribution in [2.24, 2.45) is 0 Å². The minimum absolute atomic E-state index is 1.06. The van der Waals surface area contributed by atoms with Gasteiger partial charge in [0, 0.05) is 20.2 Å². The molecule has 1 aromatic heterocycles. The third-order valence-electron chi connectivity index (χ3n) is 4.37. The van der Waals surface area contributed by atoms with Crippen molar-refractivity contribution in [2.75, 3.05) is 0 Å². The zero-order valence-electron chi connectivity index (χ0n) is 13.6. The van der Waals surface area contributed by atoms with Crippen LogP contribution in [0.25, 0.3) is 31.3 Å². The first-order valence-corrected chi connectivity index (χ1v) is 8.89. The summed E-state index contributed by atoms with van der Waals surface area (Å²) in [7, 11) is 0. The van der Waals surface area contributed by atoms with Crippen molar-refractivity contribution >= 4 is 42.7 Å². The highest BCUT2D eigenvalue weighted by atomic mass is 32.1. The lowest BCUT2D eigenvalue weighted by atomic mass is 9.97. The Labute approximate surface area is 146 Å². The molecule has 0 unspecified atom stereocenters. The number of fused-ring (bicyclic) bond motifs is 3. The van der Waals surface area contributed by atoms with Crippen molar-refractivity contribution in [3.05, 3.63) is 96.6 Å². The fraction of sp³-hybridized carbons (Fsp3) is 0.0435. The van der Waals surface area contributed by atoms with Gasteiger partial charge in [0.1, 0.15) is 0 Å². The molecule has 1 heterocycles. The minimum Gasteiger partial charge on any atom is -0.135 e. The normalized spacial score (nSPS) is 12.0. The van der Waals surface area contributed by atoms with Gasteiger partial charge in [-0.15, -0.1) is 11.3 Å². The first-order valence-electron chi connectivity index (χ1n) is 8.07. The van der Waals surface area contributed by atoms with Gasteiger partial charge in [0.05, 0.1) is 0 Å². The Morgan fingerprint density at radius 2 is 1.54 bits per heavy atom. The first kappa shape index (κ1) is 14.9. The van der Waals surface area contributed by atoms with E-state index in [2.05, 4.69) is 86.3 Å². The van der Waals surface area contributed by atoms with E-state index in [4.69, 9.17) is 0 Å². The predicted octanol–water partition coefficient (Wildman–Crippen LogP) is 7.17. The van der Waals surface area contributed by atoms with E-state index in [9.17, 15) is 0 Å². The van der Waals surface area contributed by atoms with Gasteiger partial charge in [-0.25, -0.2) is 0 Å². The van der Waals surface area contributed by atoms with Gasteiger partial charge in [-0.05, 0) is 41.3 Å². The van der Waals surface area contributed by atoms with Crippen molar-refractivity contribution in [3.63, 3.8) is 0 Å². The van der Waals surface area contributed by atoms with Crippen LogP contribution in [0.5, 0.6) is 0 Å². The molecule has 3 aromatic carbocycles. The second kappa shape index (κ2) is 6.10. The highest BCUT2D eigenvalue weighted by Crippen LogP contribution is 2.38. The molecule has 4 aromatic rings. The number of benzene rings is 3. The van der Waals surface area contributed by atoms with E-state index in [0.29, 0.717) is 0 Å². The molecule has 1 heteroatoms. The van der Waals surface area contributed by atoms with Crippen molar-refractivity contribution in [2.45, 2.75) is 6.92 Å². The molecule has 0 saturated heterocycles. The van der Waals surface area contributed by atoms with Gasteiger partial charge in [0.25, 0.3) is 0 Å². The van der Waals surface area contributed by atoms with Crippen LogP contribution in [0.3, 0.4) is 0 Å². The molecule has 116 valence electrons. The van der Waals surface area contributed by atoms with Crippen molar-refractivity contribution in [1.82, 2.24) is 0 Å². The summed E-state index contributed by atoms with van der Waals surface area (Å²) in [5, 5.41) is 2.64. The summed E-state index contributed by atoms with van der Waals surface area (Å²) in [6.07, 6.45) is 2.19. The number of hydrogen-bond acceptors (Lipinski definition) is 1. The van der Waals surface area contributed by atoms with Crippen LogP contribution in [0.1, 0.15) is 18.1 Å². The standard InChI is InChI=1S/C23H18S/c1-16(18-9-4-3-5-10-18)15-17(2)19-12-8-14-22-23(19)20-11-6-7-13-21(20)24-22/h3-15H,2H2,1H3/b16-15+. The summed E-state index contributed by atoms with van der Waals surface area (Å²) in [5.41, 5.74) is 4.75. The number of rotatable bonds is 3. The second-order valence-electron chi connectivity index (χ2n) is 6.00. The van der Waals surface area contributed by atoms with Crippen LogP contribution in [-0.4, -0.2) is 0 Å². The average molecular weight is 326 g/mol. The molecule has 24 heavy (non-hydrogen) atoms. The fourth-order valence-corrected chi connectivity index (χ4v) is 4.30. The van der Waals surface area contributed by atoms with Crippen LogP contribution < -0.4 is 0 Å². The van der Waals surface area contributed by atoms with E-state index in [0.717, 1.165) is 5.57 Å². The summed E-state index contributed by atoms with van der Waals surface area (Å²) in [6, 6.07) is 25.6. The number of allylic oxidation sites excluding steroid dienone is 3. The molecule has 0 atom stereocenters. The molecule has 0 aliphatic rings. The Kier molecular flexibility index (Phi) is 3.79. The van der Waals surface area contributed by atoms with Crippen LogP contribution >= 0.6 is 11.3 Å². The lowest BCUT2D eigenvalue weighted by molar-refractivity contribution is 1.57. The molecule has 4 rings (SSSR count). The van der Waals surface area contributed by atoms with Crippen LogP contribution in [0, 0.1) is 0 Å². The quantitative estimate of drug-likeness (QED) is 0.350. The minimum atomic E-state index is 1.06. The zero-order valence-corrected chi connectivity index (χ0v) is 14.4. The first-order chi connectivity index (χ1) is 11.7. The van der Waals surface area contributed by atoms with Crippen LogP contribution in [0.4, 0.5) is 0 Å². The SMILES string of the molecule is C=C(/C=C(\C)c1ccccc1)c1cccc2sc3ccccc3c12.